The molecule has 1 N–H and O–H groups in total. The zero-order valence-corrected chi connectivity index (χ0v) is 11.4. The highest BCUT2D eigenvalue weighted by Gasteiger charge is 2.03. The number of methoxy groups -OCH3 is 2. The van der Waals surface area contributed by atoms with Crippen LogP contribution < -0.4 is 14.8 Å². The van der Waals surface area contributed by atoms with Crippen LogP contribution in [0.2, 0.25) is 0 Å². The zero-order chi connectivity index (χ0) is 13.7. The van der Waals surface area contributed by atoms with E-state index in [4.69, 9.17) is 9.47 Å². The topological polar surface area (TPSA) is 43.4 Å². The minimum Gasteiger partial charge on any atom is -0.497 e. The van der Waals surface area contributed by atoms with Crippen LogP contribution in [0.1, 0.15) is 11.1 Å². The Hall–Kier alpha value is -2.23. The van der Waals surface area contributed by atoms with Gasteiger partial charge in [-0.05, 0) is 24.1 Å². The van der Waals surface area contributed by atoms with Crippen molar-refractivity contribution >= 4 is 5.69 Å². The van der Waals surface area contributed by atoms with E-state index in [9.17, 15) is 0 Å². The second-order valence-corrected chi connectivity index (χ2v) is 4.26. The average molecular weight is 258 g/mol. The van der Waals surface area contributed by atoms with Gasteiger partial charge >= 0.3 is 0 Å². The van der Waals surface area contributed by atoms with Crippen molar-refractivity contribution < 1.29 is 9.47 Å². The number of nitrogens with one attached hydrogen (secondary N) is 1. The first-order chi connectivity index (χ1) is 9.22. The number of nitrogens with zero attached hydrogens (tertiary/aromatic N) is 1. The van der Waals surface area contributed by atoms with Crippen LogP contribution in [-0.2, 0) is 6.54 Å². The summed E-state index contributed by atoms with van der Waals surface area (Å²) in [7, 11) is 3.29. The fourth-order valence-corrected chi connectivity index (χ4v) is 1.79. The van der Waals surface area contributed by atoms with Crippen molar-refractivity contribution in [3.05, 3.63) is 47.8 Å². The number of hydrogen-bond donors (Lipinski definition) is 1. The molecular formula is C15H18N2O2. The Kier molecular flexibility index (Phi) is 4.23. The summed E-state index contributed by atoms with van der Waals surface area (Å²) in [5.74, 6) is 1.54. The van der Waals surface area contributed by atoms with E-state index in [2.05, 4.69) is 17.2 Å². The van der Waals surface area contributed by atoms with E-state index in [-0.39, 0.29) is 0 Å². The lowest BCUT2D eigenvalue weighted by atomic mass is 10.1. The normalized spacial score (nSPS) is 10.1. The minimum atomic E-state index is 0.718. The van der Waals surface area contributed by atoms with Crippen molar-refractivity contribution in [3.63, 3.8) is 0 Å². The van der Waals surface area contributed by atoms with Gasteiger partial charge in [-0.1, -0.05) is 0 Å². The molecule has 0 radical (unpaired) electrons. The molecule has 4 nitrogen and oxygen atoms in total. The molecule has 2 aromatic rings. The largest absolute Gasteiger partial charge is 0.497 e. The SMILES string of the molecule is COc1cc(NCc2cnccc2C)cc(OC)c1. The van der Waals surface area contributed by atoms with Crippen molar-refractivity contribution in [2.45, 2.75) is 13.5 Å². The Morgan fingerprint density at radius 1 is 1.11 bits per heavy atom. The van der Waals surface area contributed by atoms with E-state index in [1.165, 1.54) is 11.1 Å². The maximum atomic E-state index is 5.24. The number of rotatable bonds is 5. The number of pyridine rings is 1. The highest BCUT2D eigenvalue weighted by Crippen LogP contribution is 2.26. The van der Waals surface area contributed by atoms with Gasteiger partial charge in [-0.25, -0.2) is 0 Å². The molecular weight excluding hydrogens is 240 g/mol. The van der Waals surface area contributed by atoms with Gasteiger partial charge in [-0.3, -0.25) is 4.98 Å². The molecule has 0 atom stereocenters. The van der Waals surface area contributed by atoms with Gasteiger partial charge in [0.15, 0.2) is 0 Å². The highest BCUT2D eigenvalue weighted by atomic mass is 16.5. The Balaban J connectivity index is 2.13. The first kappa shape index (κ1) is 13.2. The second kappa shape index (κ2) is 6.09. The van der Waals surface area contributed by atoms with Crippen molar-refractivity contribution in [3.8, 4) is 11.5 Å². The monoisotopic (exact) mass is 258 g/mol. The molecule has 0 saturated carbocycles. The number of aromatic nitrogens is 1. The van der Waals surface area contributed by atoms with Crippen LogP contribution in [-0.4, -0.2) is 19.2 Å². The predicted molar refractivity (Wildman–Crippen MR) is 75.8 cm³/mol. The summed E-state index contributed by atoms with van der Waals surface area (Å²) in [5.41, 5.74) is 3.35. The van der Waals surface area contributed by atoms with Crippen molar-refractivity contribution in [2.24, 2.45) is 0 Å². The number of aryl methyl sites for hydroxylation is 1. The lowest BCUT2D eigenvalue weighted by molar-refractivity contribution is 0.394. The van der Waals surface area contributed by atoms with Crippen LogP contribution in [0.15, 0.2) is 36.7 Å². The van der Waals surface area contributed by atoms with Gasteiger partial charge < -0.3 is 14.8 Å². The Labute approximate surface area is 113 Å². The standard InChI is InChI=1S/C15H18N2O2/c1-11-4-5-16-9-12(11)10-17-13-6-14(18-2)8-15(7-13)19-3/h4-9,17H,10H2,1-3H3. The smallest absolute Gasteiger partial charge is 0.124 e. The molecule has 19 heavy (non-hydrogen) atoms. The fourth-order valence-electron chi connectivity index (χ4n) is 1.79. The summed E-state index contributed by atoms with van der Waals surface area (Å²) in [5, 5.41) is 3.35. The molecule has 0 bridgehead atoms. The van der Waals surface area contributed by atoms with Crippen LogP contribution in [0.3, 0.4) is 0 Å². The number of ether oxygens (including phenoxy) is 2. The second-order valence-electron chi connectivity index (χ2n) is 4.26. The quantitative estimate of drug-likeness (QED) is 0.895. The number of hydrogen-bond acceptors (Lipinski definition) is 4. The maximum absolute atomic E-state index is 5.24. The molecule has 0 aliphatic carbocycles. The Bertz CT molecular complexity index is 533. The number of anilines is 1. The molecule has 4 heteroatoms. The molecule has 2 rings (SSSR count). The summed E-state index contributed by atoms with van der Waals surface area (Å²) in [6, 6.07) is 7.73. The third-order valence-electron chi connectivity index (χ3n) is 2.98. The average Bonchev–Trinajstić information content (AvgIpc) is 2.46. The number of benzene rings is 1. The molecule has 0 aliphatic heterocycles. The van der Waals surface area contributed by atoms with Gasteiger partial charge in [0, 0.05) is 42.8 Å². The third-order valence-corrected chi connectivity index (χ3v) is 2.98. The van der Waals surface area contributed by atoms with Crippen molar-refractivity contribution in [1.29, 1.82) is 0 Å². The van der Waals surface area contributed by atoms with Crippen LogP contribution >= 0.6 is 0 Å². The summed E-state index contributed by atoms with van der Waals surface area (Å²) in [4.78, 5) is 4.14. The molecule has 0 fully saturated rings. The van der Waals surface area contributed by atoms with Gasteiger partial charge in [-0.2, -0.15) is 0 Å². The fraction of sp³-hybridized carbons (Fsp3) is 0.267. The first-order valence-electron chi connectivity index (χ1n) is 6.09. The molecule has 1 aromatic heterocycles. The van der Waals surface area contributed by atoms with Gasteiger partial charge in [0.2, 0.25) is 0 Å². The van der Waals surface area contributed by atoms with Crippen molar-refractivity contribution in [2.75, 3.05) is 19.5 Å². The van der Waals surface area contributed by atoms with E-state index in [1.54, 1.807) is 20.4 Å². The van der Waals surface area contributed by atoms with Crippen LogP contribution in [0.25, 0.3) is 0 Å². The maximum Gasteiger partial charge on any atom is 0.124 e. The lowest BCUT2D eigenvalue weighted by Gasteiger charge is -2.11. The van der Waals surface area contributed by atoms with Gasteiger partial charge in [0.05, 0.1) is 14.2 Å². The lowest BCUT2D eigenvalue weighted by Crippen LogP contribution is -2.02. The van der Waals surface area contributed by atoms with Crippen LogP contribution in [0, 0.1) is 6.92 Å². The Morgan fingerprint density at radius 2 is 1.79 bits per heavy atom. The van der Waals surface area contributed by atoms with E-state index in [0.717, 1.165) is 23.7 Å². The van der Waals surface area contributed by atoms with E-state index in [1.807, 2.05) is 30.5 Å². The first-order valence-corrected chi connectivity index (χ1v) is 6.09. The molecule has 1 heterocycles. The molecule has 0 aliphatic rings. The Morgan fingerprint density at radius 3 is 2.37 bits per heavy atom. The minimum absolute atomic E-state index is 0.718. The molecule has 0 spiro atoms. The van der Waals surface area contributed by atoms with Gasteiger partial charge in [0.25, 0.3) is 0 Å². The van der Waals surface area contributed by atoms with Gasteiger partial charge in [0.1, 0.15) is 11.5 Å². The van der Waals surface area contributed by atoms with E-state index < -0.39 is 0 Å². The van der Waals surface area contributed by atoms with Crippen molar-refractivity contribution in [1.82, 2.24) is 4.98 Å². The highest BCUT2D eigenvalue weighted by molar-refractivity contribution is 5.54. The summed E-state index contributed by atoms with van der Waals surface area (Å²) in [6.07, 6.45) is 3.67. The molecule has 1 aromatic carbocycles. The summed E-state index contributed by atoms with van der Waals surface area (Å²) >= 11 is 0. The third kappa shape index (κ3) is 3.37. The van der Waals surface area contributed by atoms with Crippen LogP contribution in [0.4, 0.5) is 5.69 Å². The zero-order valence-electron chi connectivity index (χ0n) is 11.4. The van der Waals surface area contributed by atoms with Gasteiger partial charge in [-0.15, -0.1) is 0 Å². The molecule has 100 valence electrons. The van der Waals surface area contributed by atoms with E-state index >= 15 is 0 Å². The molecule has 0 amide bonds. The molecule has 0 unspecified atom stereocenters. The summed E-state index contributed by atoms with van der Waals surface area (Å²) < 4.78 is 10.5. The predicted octanol–water partition coefficient (Wildman–Crippen LogP) is 3.02. The molecule has 0 saturated heterocycles. The van der Waals surface area contributed by atoms with E-state index in [0.29, 0.717) is 0 Å². The summed E-state index contributed by atoms with van der Waals surface area (Å²) in [6.45, 7) is 2.79. The van der Waals surface area contributed by atoms with Crippen LogP contribution in [0.5, 0.6) is 11.5 Å².